The molecule has 0 aliphatic rings. The highest BCUT2D eigenvalue weighted by atomic mass is 79.9. The van der Waals surface area contributed by atoms with Crippen molar-refractivity contribution in [1.29, 1.82) is 0 Å². The lowest BCUT2D eigenvalue weighted by Gasteiger charge is -2.00. The summed E-state index contributed by atoms with van der Waals surface area (Å²) in [6.45, 7) is -0.976. The van der Waals surface area contributed by atoms with Gasteiger partial charge in [0.25, 0.3) is 0 Å². The molecule has 0 bridgehead atoms. The van der Waals surface area contributed by atoms with Gasteiger partial charge in [0.15, 0.2) is 12.5 Å². The van der Waals surface area contributed by atoms with Crippen molar-refractivity contribution in [2.45, 2.75) is 0 Å². The second-order valence-corrected chi connectivity index (χ2v) is 3.15. The Bertz CT molecular complexity index is 314. The summed E-state index contributed by atoms with van der Waals surface area (Å²) >= 11 is 3.14. The molecule has 1 aromatic rings. The first-order chi connectivity index (χ1) is 5.65. The maximum Gasteiger partial charge on any atom is 0.193 e. The molecule has 1 rings (SSSR count). The van der Waals surface area contributed by atoms with Gasteiger partial charge in [0, 0.05) is 15.7 Å². The van der Waals surface area contributed by atoms with Gasteiger partial charge in [-0.3, -0.25) is 4.79 Å². The van der Waals surface area contributed by atoms with Crippen molar-refractivity contribution in [3.63, 3.8) is 0 Å². The van der Waals surface area contributed by atoms with E-state index in [2.05, 4.69) is 15.9 Å². The number of ketones is 1. The normalized spacial score (nSPS) is 9.83. The van der Waals surface area contributed by atoms with Crippen LogP contribution in [0.15, 0.2) is 22.7 Å². The number of Topliss-reactive ketones (excluding diaryl/α,β-unsaturated/α-hetero) is 1. The second kappa shape index (κ2) is 3.67. The zero-order chi connectivity index (χ0) is 9.14. The molecule has 2 N–H and O–H groups in total. The van der Waals surface area contributed by atoms with Gasteiger partial charge in [-0.05, 0) is 34.1 Å². The Kier molecular flexibility index (Phi) is 2.81. The average Bonchev–Trinajstić information content (AvgIpc) is 2.08. The molecule has 0 saturated carbocycles. The van der Waals surface area contributed by atoms with Crippen molar-refractivity contribution in [3.8, 4) is 0 Å². The summed E-state index contributed by atoms with van der Waals surface area (Å²) in [4.78, 5) is 10.8. The number of alkyl halides is 1. The minimum atomic E-state index is -0.976. The fraction of sp³-hybridized carbons (Fsp3) is 0.125. The first-order valence-corrected chi connectivity index (χ1v) is 4.08. The van der Waals surface area contributed by atoms with Crippen molar-refractivity contribution in [3.05, 3.63) is 28.2 Å². The van der Waals surface area contributed by atoms with Crippen molar-refractivity contribution in [1.82, 2.24) is 0 Å². The van der Waals surface area contributed by atoms with E-state index in [1.807, 2.05) is 0 Å². The molecule has 0 saturated heterocycles. The molecule has 0 amide bonds. The van der Waals surface area contributed by atoms with E-state index in [4.69, 9.17) is 5.73 Å². The van der Waals surface area contributed by atoms with Gasteiger partial charge in [-0.2, -0.15) is 0 Å². The molecule has 2 nitrogen and oxygen atoms in total. The quantitative estimate of drug-likeness (QED) is 0.627. The Balaban J connectivity index is 3.05. The minimum absolute atomic E-state index is 0.332. The number of rotatable bonds is 2. The van der Waals surface area contributed by atoms with E-state index in [1.165, 1.54) is 12.1 Å². The van der Waals surface area contributed by atoms with Crippen LogP contribution in [0.1, 0.15) is 10.4 Å². The molecule has 0 aliphatic heterocycles. The lowest BCUT2D eigenvalue weighted by Crippen LogP contribution is -2.01. The lowest BCUT2D eigenvalue weighted by molar-refractivity contribution is 0.0958. The summed E-state index contributed by atoms with van der Waals surface area (Å²) < 4.78 is 12.5. The van der Waals surface area contributed by atoms with Crippen LogP contribution in [0.2, 0.25) is 0 Å². The van der Waals surface area contributed by atoms with E-state index in [0.717, 1.165) is 0 Å². The highest BCUT2D eigenvalue weighted by Crippen LogP contribution is 2.20. The Hall–Kier alpha value is -0.900. The number of carbonyl (C=O) groups is 1. The van der Waals surface area contributed by atoms with Gasteiger partial charge in [-0.25, -0.2) is 4.39 Å². The molecule has 12 heavy (non-hydrogen) atoms. The molecule has 64 valence electrons. The van der Waals surface area contributed by atoms with Gasteiger partial charge in [-0.15, -0.1) is 0 Å². The van der Waals surface area contributed by atoms with Gasteiger partial charge < -0.3 is 5.73 Å². The van der Waals surface area contributed by atoms with Crippen LogP contribution >= 0.6 is 15.9 Å². The monoisotopic (exact) mass is 231 g/mol. The van der Waals surface area contributed by atoms with Gasteiger partial charge in [0.05, 0.1) is 0 Å². The predicted molar refractivity (Wildman–Crippen MR) is 48.9 cm³/mol. The maximum atomic E-state index is 11.9. The van der Waals surface area contributed by atoms with Gasteiger partial charge >= 0.3 is 0 Å². The van der Waals surface area contributed by atoms with E-state index in [1.54, 1.807) is 6.07 Å². The summed E-state index contributed by atoms with van der Waals surface area (Å²) in [5.41, 5.74) is 6.34. The minimum Gasteiger partial charge on any atom is -0.398 e. The molecule has 1 aromatic carbocycles. The van der Waals surface area contributed by atoms with Crippen molar-refractivity contribution >= 4 is 27.4 Å². The number of nitrogen functional groups attached to an aromatic ring is 1. The van der Waals surface area contributed by atoms with Crippen molar-refractivity contribution in [2.75, 3.05) is 12.4 Å². The van der Waals surface area contributed by atoms with E-state index >= 15 is 0 Å². The molecule has 0 aromatic heterocycles. The van der Waals surface area contributed by atoms with Crippen LogP contribution in [0.4, 0.5) is 10.1 Å². The number of hydrogen-bond acceptors (Lipinski definition) is 2. The number of carbonyl (C=O) groups excluding carboxylic acids is 1. The number of halogens is 2. The topological polar surface area (TPSA) is 43.1 Å². The lowest BCUT2D eigenvalue weighted by atomic mass is 10.1. The van der Waals surface area contributed by atoms with E-state index < -0.39 is 12.5 Å². The standard InChI is InChI=1S/C8H7BrFNO/c9-6-3-5(8(12)4-10)1-2-7(6)11/h1-3H,4,11H2. The van der Waals surface area contributed by atoms with Crippen LogP contribution in [-0.4, -0.2) is 12.5 Å². The SMILES string of the molecule is Nc1ccc(C(=O)CF)cc1Br. The highest BCUT2D eigenvalue weighted by Gasteiger charge is 2.05. The Labute approximate surface area is 77.7 Å². The zero-order valence-electron chi connectivity index (χ0n) is 6.18. The number of benzene rings is 1. The van der Waals surface area contributed by atoms with Crippen LogP contribution in [0, 0.1) is 0 Å². The predicted octanol–water partition coefficient (Wildman–Crippen LogP) is 2.18. The molecule has 0 unspecified atom stereocenters. The fourth-order valence-corrected chi connectivity index (χ4v) is 1.16. The largest absolute Gasteiger partial charge is 0.398 e. The smallest absolute Gasteiger partial charge is 0.193 e. The maximum absolute atomic E-state index is 11.9. The Morgan fingerprint density at radius 3 is 2.75 bits per heavy atom. The zero-order valence-corrected chi connectivity index (χ0v) is 7.77. The third-order valence-electron chi connectivity index (χ3n) is 1.44. The van der Waals surface area contributed by atoms with Crippen molar-refractivity contribution < 1.29 is 9.18 Å². The van der Waals surface area contributed by atoms with Gasteiger partial charge in [0.2, 0.25) is 0 Å². The van der Waals surface area contributed by atoms with Crippen LogP contribution in [0.25, 0.3) is 0 Å². The van der Waals surface area contributed by atoms with Gasteiger partial charge in [-0.1, -0.05) is 0 Å². The van der Waals surface area contributed by atoms with E-state index in [-0.39, 0.29) is 0 Å². The van der Waals surface area contributed by atoms with E-state index in [9.17, 15) is 9.18 Å². The Morgan fingerprint density at radius 1 is 1.58 bits per heavy atom. The number of anilines is 1. The highest BCUT2D eigenvalue weighted by molar-refractivity contribution is 9.10. The van der Waals surface area contributed by atoms with E-state index in [0.29, 0.717) is 15.7 Å². The molecule has 0 atom stereocenters. The van der Waals surface area contributed by atoms with Crippen LogP contribution in [0.3, 0.4) is 0 Å². The molecule has 0 spiro atoms. The van der Waals surface area contributed by atoms with Gasteiger partial charge in [0.1, 0.15) is 0 Å². The van der Waals surface area contributed by atoms with Crippen LogP contribution in [0.5, 0.6) is 0 Å². The number of hydrogen-bond donors (Lipinski definition) is 1. The Morgan fingerprint density at radius 2 is 2.25 bits per heavy atom. The molecular formula is C8H7BrFNO. The average molecular weight is 232 g/mol. The third-order valence-corrected chi connectivity index (χ3v) is 2.13. The summed E-state index contributed by atoms with van der Waals surface area (Å²) in [6, 6.07) is 4.58. The summed E-state index contributed by atoms with van der Waals surface area (Å²) in [6.07, 6.45) is 0. The third kappa shape index (κ3) is 1.82. The molecular weight excluding hydrogens is 225 g/mol. The number of nitrogens with two attached hydrogens (primary N) is 1. The first-order valence-electron chi connectivity index (χ1n) is 3.29. The van der Waals surface area contributed by atoms with Crippen LogP contribution in [-0.2, 0) is 0 Å². The van der Waals surface area contributed by atoms with Crippen molar-refractivity contribution in [2.24, 2.45) is 0 Å². The molecule has 0 heterocycles. The molecule has 0 fully saturated rings. The summed E-state index contributed by atoms with van der Waals surface area (Å²) in [5.74, 6) is -0.532. The fourth-order valence-electron chi connectivity index (χ4n) is 0.778. The molecule has 0 radical (unpaired) electrons. The molecule has 4 heteroatoms. The first kappa shape index (κ1) is 9.19. The second-order valence-electron chi connectivity index (χ2n) is 2.29. The summed E-state index contributed by atoms with van der Waals surface area (Å²) in [7, 11) is 0. The summed E-state index contributed by atoms with van der Waals surface area (Å²) in [5, 5.41) is 0. The molecule has 0 aliphatic carbocycles. The van der Waals surface area contributed by atoms with Crippen LogP contribution < -0.4 is 5.73 Å².